The van der Waals surface area contributed by atoms with E-state index in [0.29, 0.717) is 17.6 Å². The Hall–Kier alpha value is -1.95. The number of ketones is 1. The molecule has 0 spiro atoms. The molecule has 1 aliphatic heterocycles. The summed E-state index contributed by atoms with van der Waals surface area (Å²) in [4.78, 5) is 35.9. The van der Waals surface area contributed by atoms with Gasteiger partial charge in [0.2, 0.25) is 0 Å². The molecule has 124 valence electrons. The molecule has 3 aliphatic rings. The van der Waals surface area contributed by atoms with Gasteiger partial charge in [0.15, 0.2) is 5.78 Å². The quantitative estimate of drug-likeness (QED) is 0.761. The highest BCUT2D eigenvalue weighted by Crippen LogP contribution is 2.48. The third-order valence-corrected chi connectivity index (χ3v) is 5.10. The Labute approximate surface area is 134 Å². The van der Waals surface area contributed by atoms with Crippen LogP contribution in [0.2, 0.25) is 0 Å². The smallest absolute Gasteiger partial charge is 0.309 e. The van der Waals surface area contributed by atoms with Crippen LogP contribution >= 0.6 is 0 Å². The second kappa shape index (κ2) is 5.60. The van der Waals surface area contributed by atoms with Crippen LogP contribution < -0.4 is 0 Å². The largest absolute Gasteiger partial charge is 0.462 e. The molecule has 0 radical (unpaired) electrons. The van der Waals surface area contributed by atoms with E-state index in [0.717, 1.165) is 5.57 Å². The molecule has 1 fully saturated rings. The molecule has 3 rings (SSSR count). The number of fused-ring (bicyclic) bond motifs is 3. The van der Waals surface area contributed by atoms with Gasteiger partial charge in [-0.2, -0.15) is 0 Å². The molecule has 0 aromatic carbocycles. The molecule has 1 heterocycles. The van der Waals surface area contributed by atoms with Crippen LogP contribution in [0.15, 0.2) is 22.8 Å². The van der Waals surface area contributed by atoms with Crippen LogP contribution in [0.1, 0.15) is 27.2 Å². The van der Waals surface area contributed by atoms with E-state index in [4.69, 9.17) is 9.47 Å². The monoisotopic (exact) mass is 320 g/mol. The van der Waals surface area contributed by atoms with E-state index >= 15 is 0 Å². The fourth-order valence-electron chi connectivity index (χ4n) is 4.14. The number of carbonyl (C=O) groups is 3. The molecule has 0 amide bonds. The van der Waals surface area contributed by atoms with Crippen molar-refractivity contribution < 1.29 is 29.0 Å². The van der Waals surface area contributed by atoms with E-state index in [9.17, 15) is 19.5 Å². The number of allylic oxidation sites excluding steroid dienone is 1. The van der Waals surface area contributed by atoms with Gasteiger partial charge in [-0.05, 0) is 18.6 Å². The first-order chi connectivity index (χ1) is 10.8. The fraction of sp³-hybridized carbons (Fsp3) is 0.588. The lowest BCUT2D eigenvalue weighted by Crippen LogP contribution is -2.38. The SMILES string of the molecule is CC(=O)OC1CC(C)=C2C(=O)C=C(CO)C2C2OC(=O)C(C)C12. The number of ether oxygens (including phenoxy) is 2. The number of rotatable bonds is 2. The second-order valence-corrected chi connectivity index (χ2v) is 6.53. The molecule has 6 heteroatoms. The highest BCUT2D eigenvalue weighted by atomic mass is 16.6. The third-order valence-electron chi connectivity index (χ3n) is 5.10. The van der Waals surface area contributed by atoms with Crippen molar-refractivity contribution in [3.05, 3.63) is 22.8 Å². The lowest BCUT2D eigenvalue weighted by atomic mass is 9.79. The molecular weight excluding hydrogens is 300 g/mol. The van der Waals surface area contributed by atoms with Crippen LogP contribution in [-0.4, -0.2) is 41.6 Å². The second-order valence-electron chi connectivity index (χ2n) is 6.53. The summed E-state index contributed by atoms with van der Waals surface area (Å²) in [5.41, 5.74) is 1.95. The standard InChI is InChI=1S/C17H20O6/c1-7-4-12(22-9(3)19)14-8(2)17(21)23-16(14)15-10(6-18)5-11(20)13(7)15/h5,8,12,14-16,18H,4,6H2,1-3H3. The van der Waals surface area contributed by atoms with Gasteiger partial charge in [0.25, 0.3) is 0 Å². The molecule has 0 aromatic heterocycles. The van der Waals surface area contributed by atoms with Crippen molar-refractivity contribution in [2.45, 2.75) is 39.4 Å². The predicted octanol–water partition coefficient (Wildman–Crippen LogP) is 0.934. The number of hydrogen-bond donors (Lipinski definition) is 1. The predicted molar refractivity (Wildman–Crippen MR) is 79.1 cm³/mol. The Kier molecular flexibility index (Phi) is 3.88. The summed E-state index contributed by atoms with van der Waals surface area (Å²) < 4.78 is 11.0. The normalized spacial score (nSPS) is 36.2. The number of aliphatic hydroxyl groups is 1. The molecule has 0 saturated carbocycles. The van der Waals surface area contributed by atoms with Gasteiger partial charge >= 0.3 is 11.9 Å². The summed E-state index contributed by atoms with van der Waals surface area (Å²) in [7, 11) is 0. The maximum Gasteiger partial charge on any atom is 0.309 e. The van der Waals surface area contributed by atoms with Crippen molar-refractivity contribution in [2.24, 2.45) is 17.8 Å². The Morgan fingerprint density at radius 3 is 2.74 bits per heavy atom. The van der Waals surface area contributed by atoms with E-state index in [1.54, 1.807) is 6.92 Å². The lowest BCUT2D eigenvalue weighted by molar-refractivity contribution is -0.150. The summed E-state index contributed by atoms with van der Waals surface area (Å²) in [6.45, 7) is 4.65. The molecule has 6 nitrogen and oxygen atoms in total. The van der Waals surface area contributed by atoms with Crippen LogP contribution in [0.4, 0.5) is 0 Å². The van der Waals surface area contributed by atoms with Crippen LogP contribution in [0.25, 0.3) is 0 Å². The molecule has 5 unspecified atom stereocenters. The molecule has 0 aromatic rings. The number of esters is 2. The summed E-state index contributed by atoms with van der Waals surface area (Å²) in [6, 6.07) is 0. The van der Waals surface area contributed by atoms with Crippen molar-refractivity contribution in [3.8, 4) is 0 Å². The zero-order chi connectivity index (χ0) is 16.9. The number of hydrogen-bond acceptors (Lipinski definition) is 6. The van der Waals surface area contributed by atoms with Gasteiger partial charge in [0, 0.05) is 30.8 Å². The first kappa shape index (κ1) is 15.9. The minimum Gasteiger partial charge on any atom is -0.462 e. The Balaban J connectivity index is 2.09. The molecule has 5 atom stereocenters. The highest BCUT2D eigenvalue weighted by molar-refractivity contribution is 6.09. The molecular formula is C17H20O6. The van der Waals surface area contributed by atoms with Crippen molar-refractivity contribution in [3.63, 3.8) is 0 Å². The van der Waals surface area contributed by atoms with Crippen LogP contribution in [-0.2, 0) is 23.9 Å². The third kappa shape index (κ3) is 2.41. The van der Waals surface area contributed by atoms with E-state index in [1.807, 2.05) is 6.92 Å². The molecule has 2 aliphatic carbocycles. The molecule has 1 saturated heterocycles. The van der Waals surface area contributed by atoms with Gasteiger partial charge in [-0.1, -0.05) is 12.5 Å². The van der Waals surface area contributed by atoms with Crippen molar-refractivity contribution in [2.75, 3.05) is 6.61 Å². The van der Waals surface area contributed by atoms with Crippen LogP contribution in [0.5, 0.6) is 0 Å². The van der Waals surface area contributed by atoms with Gasteiger partial charge in [0.1, 0.15) is 12.2 Å². The van der Waals surface area contributed by atoms with Crippen molar-refractivity contribution >= 4 is 17.7 Å². The van der Waals surface area contributed by atoms with Gasteiger partial charge < -0.3 is 14.6 Å². The lowest BCUT2D eigenvalue weighted by Gasteiger charge is -2.29. The fourth-order valence-corrected chi connectivity index (χ4v) is 4.14. The Morgan fingerprint density at radius 2 is 2.13 bits per heavy atom. The van der Waals surface area contributed by atoms with Gasteiger partial charge in [-0.3, -0.25) is 14.4 Å². The molecule has 23 heavy (non-hydrogen) atoms. The summed E-state index contributed by atoms with van der Waals surface area (Å²) in [5.74, 6) is -2.12. The average Bonchev–Trinajstić information content (AvgIpc) is 2.91. The maximum atomic E-state index is 12.3. The first-order valence-electron chi connectivity index (χ1n) is 7.78. The summed E-state index contributed by atoms with van der Waals surface area (Å²) in [5, 5.41) is 9.59. The maximum absolute atomic E-state index is 12.3. The first-order valence-corrected chi connectivity index (χ1v) is 7.78. The summed E-state index contributed by atoms with van der Waals surface area (Å²) >= 11 is 0. The minimum absolute atomic E-state index is 0.158. The van der Waals surface area contributed by atoms with Gasteiger partial charge in [0.05, 0.1) is 12.5 Å². The number of aliphatic hydroxyl groups excluding tert-OH is 1. The summed E-state index contributed by atoms with van der Waals surface area (Å²) in [6.07, 6.45) is 0.735. The van der Waals surface area contributed by atoms with Crippen LogP contribution in [0.3, 0.4) is 0 Å². The number of carbonyl (C=O) groups excluding carboxylic acids is 3. The molecule has 1 N–H and O–H groups in total. The Morgan fingerprint density at radius 1 is 1.43 bits per heavy atom. The zero-order valence-electron chi connectivity index (χ0n) is 13.4. The van der Waals surface area contributed by atoms with E-state index < -0.39 is 30.0 Å². The van der Waals surface area contributed by atoms with E-state index in [-0.39, 0.29) is 24.3 Å². The molecule has 0 bridgehead atoms. The van der Waals surface area contributed by atoms with E-state index in [1.165, 1.54) is 13.0 Å². The average molecular weight is 320 g/mol. The highest BCUT2D eigenvalue weighted by Gasteiger charge is 2.55. The topological polar surface area (TPSA) is 89.9 Å². The minimum atomic E-state index is -0.584. The Bertz CT molecular complexity index is 643. The van der Waals surface area contributed by atoms with Gasteiger partial charge in [-0.25, -0.2) is 0 Å². The van der Waals surface area contributed by atoms with Crippen molar-refractivity contribution in [1.82, 2.24) is 0 Å². The zero-order valence-corrected chi connectivity index (χ0v) is 13.4. The van der Waals surface area contributed by atoms with Gasteiger partial charge in [-0.15, -0.1) is 0 Å². The van der Waals surface area contributed by atoms with Crippen molar-refractivity contribution in [1.29, 1.82) is 0 Å². The van der Waals surface area contributed by atoms with Crippen LogP contribution in [0, 0.1) is 17.8 Å². The van der Waals surface area contributed by atoms with E-state index in [2.05, 4.69) is 0 Å².